The number of phenols is 1. The number of amides is 2. The first-order valence-electron chi connectivity index (χ1n) is 15.0. The first kappa shape index (κ1) is 30.7. The molecule has 0 saturated heterocycles. The van der Waals surface area contributed by atoms with Crippen LogP contribution in [-0.2, 0) is 11.2 Å². The Morgan fingerprint density at radius 3 is 2.30 bits per heavy atom. The van der Waals surface area contributed by atoms with E-state index in [4.69, 9.17) is 5.73 Å². The van der Waals surface area contributed by atoms with Crippen LogP contribution in [0.25, 0.3) is 33.3 Å². The number of benzene rings is 5. The van der Waals surface area contributed by atoms with Crippen molar-refractivity contribution in [2.75, 3.05) is 17.2 Å². The van der Waals surface area contributed by atoms with Crippen LogP contribution in [0, 0.1) is 0 Å². The van der Waals surface area contributed by atoms with Crippen LogP contribution in [0.4, 0.5) is 11.4 Å². The third-order valence-corrected chi connectivity index (χ3v) is 7.75. The molecule has 6 rings (SSSR count). The van der Waals surface area contributed by atoms with E-state index in [1.54, 1.807) is 30.3 Å². The van der Waals surface area contributed by atoms with Gasteiger partial charge in [-0.25, -0.2) is 0 Å². The fourth-order valence-corrected chi connectivity index (χ4v) is 5.30. The van der Waals surface area contributed by atoms with Gasteiger partial charge in [0, 0.05) is 34.4 Å². The largest absolute Gasteiger partial charge is 0.508 e. The van der Waals surface area contributed by atoms with E-state index in [9.17, 15) is 19.5 Å². The molecule has 0 unspecified atom stereocenters. The van der Waals surface area contributed by atoms with Gasteiger partial charge in [0.05, 0.1) is 23.6 Å². The smallest absolute Gasteiger partial charge is 0.255 e. The predicted octanol–water partition coefficient (Wildman–Crippen LogP) is 6.63. The summed E-state index contributed by atoms with van der Waals surface area (Å²) in [6.45, 7) is 0.105. The molecule has 0 fully saturated rings. The molecule has 0 bridgehead atoms. The van der Waals surface area contributed by atoms with Crippen LogP contribution in [0.15, 0.2) is 121 Å². The molecule has 0 spiro atoms. The number of aromatic hydroxyl groups is 1. The zero-order chi connectivity index (χ0) is 32.8. The number of hydrogen-bond acceptors (Lipinski definition) is 7. The van der Waals surface area contributed by atoms with Crippen molar-refractivity contribution < 1.29 is 19.5 Å². The molecular formula is C38H31N5O4. The van der Waals surface area contributed by atoms with E-state index in [0.717, 1.165) is 16.5 Å². The zero-order valence-electron chi connectivity index (χ0n) is 25.3. The second-order valence-electron chi connectivity index (χ2n) is 11.0. The van der Waals surface area contributed by atoms with Crippen molar-refractivity contribution >= 4 is 39.7 Å². The summed E-state index contributed by atoms with van der Waals surface area (Å²) < 4.78 is 0. The van der Waals surface area contributed by atoms with Gasteiger partial charge in [-0.15, -0.1) is 10.2 Å². The minimum atomic E-state index is -0.459. The van der Waals surface area contributed by atoms with E-state index >= 15 is 0 Å². The highest BCUT2D eigenvalue weighted by Crippen LogP contribution is 2.31. The molecule has 2 amide bonds. The number of aromatic nitrogens is 2. The van der Waals surface area contributed by atoms with Gasteiger partial charge in [0.1, 0.15) is 5.75 Å². The molecule has 232 valence electrons. The molecule has 9 heteroatoms. The van der Waals surface area contributed by atoms with Crippen molar-refractivity contribution in [3.63, 3.8) is 0 Å². The number of nitrogens with zero attached hydrogens (tertiary/aromatic N) is 2. The molecule has 9 nitrogen and oxygen atoms in total. The first-order chi connectivity index (χ1) is 22.8. The summed E-state index contributed by atoms with van der Waals surface area (Å²) in [7, 11) is 0. The third-order valence-electron chi connectivity index (χ3n) is 7.75. The van der Waals surface area contributed by atoms with E-state index < -0.39 is 5.91 Å². The van der Waals surface area contributed by atoms with Gasteiger partial charge in [-0.3, -0.25) is 14.4 Å². The molecule has 0 aliphatic rings. The van der Waals surface area contributed by atoms with Crippen molar-refractivity contribution in [2.45, 2.75) is 12.8 Å². The summed E-state index contributed by atoms with van der Waals surface area (Å²) in [5.41, 5.74) is 10.8. The summed E-state index contributed by atoms with van der Waals surface area (Å²) in [4.78, 5) is 38.0. The van der Waals surface area contributed by atoms with Crippen LogP contribution in [0.2, 0.25) is 0 Å². The number of ketones is 1. The van der Waals surface area contributed by atoms with Gasteiger partial charge in [-0.05, 0) is 77.4 Å². The molecule has 47 heavy (non-hydrogen) atoms. The Morgan fingerprint density at radius 1 is 0.723 bits per heavy atom. The van der Waals surface area contributed by atoms with Crippen molar-refractivity contribution in [3.05, 3.63) is 138 Å². The van der Waals surface area contributed by atoms with Crippen molar-refractivity contribution in [1.29, 1.82) is 0 Å². The number of Topliss-reactive ketones (excluding diaryl/α,β-unsaturated/α-hetero) is 1. The number of phenolic OH excluding ortho intramolecular Hbond substituents is 1. The molecule has 5 aromatic carbocycles. The van der Waals surface area contributed by atoms with E-state index in [1.165, 1.54) is 24.3 Å². The number of anilines is 2. The summed E-state index contributed by atoms with van der Waals surface area (Å²) in [6.07, 6.45) is 0.391. The monoisotopic (exact) mass is 621 g/mol. The summed E-state index contributed by atoms with van der Waals surface area (Å²) in [5, 5.41) is 27.0. The second-order valence-corrected chi connectivity index (χ2v) is 11.0. The minimum absolute atomic E-state index is 0.0633. The average molecular weight is 622 g/mol. The normalized spacial score (nSPS) is 10.8. The van der Waals surface area contributed by atoms with Crippen LogP contribution in [0.3, 0.4) is 0 Å². The molecular weight excluding hydrogens is 590 g/mol. The SMILES string of the molecule is NC(=O)CCc1cc(-c2ccccc2NC(=O)c2ccc(O)cc2)nnc1-c1cccc(C(=O)CNc2ccc3ccccc3c2)c1. The highest BCUT2D eigenvalue weighted by molar-refractivity contribution is 6.06. The molecule has 0 aliphatic carbocycles. The maximum atomic E-state index is 13.2. The maximum absolute atomic E-state index is 13.2. The quantitative estimate of drug-likeness (QED) is 0.119. The number of hydrogen-bond donors (Lipinski definition) is 4. The van der Waals surface area contributed by atoms with E-state index in [2.05, 4.69) is 20.8 Å². The Balaban J connectivity index is 1.26. The molecule has 5 N–H and O–H groups in total. The van der Waals surface area contributed by atoms with Gasteiger partial charge in [-0.1, -0.05) is 66.7 Å². The van der Waals surface area contributed by atoms with Crippen LogP contribution in [0.1, 0.15) is 32.7 Å². The Bertz CT molecular complexity index is 2110. The van der Waals surface area contributed by atoms with Gasteiger partial charge in [0.2, 0.25) is 5.91 Å². The average Bonchev–Trinajstić information content (AvgIpc) is 3.10. The van der Waals surface area contributed by atoms with Crippen LogP contribution >= 0.6 is 0 Å². The van der Waals surface area contributed by atoms with Gasteiger partial charge >= 0.3 is 0 Å². The molecule has 0 saturated carbocycles. The van der Waals surface area contributed by atoms with E-state index in [0.29, 0.717) is 51.3 Å². The van der Waals surface area contributed by atoms with Gasteiger partial charge in [-0.2, -0.15) is 0 Å². The lowest BCUT2D eigenvalue weighted by Crippen LogP contribution is -2.14. The lowest BCUT2D eigenvalue weighted by atomic mass is 9.98. The van der Waals surface area contributed by atoms with Gasteiger partial charge in [0.15, 0.2) is 5.78 Å². The molecule has 0 aliphatic heterocycles. The van der Waals surface area contributed by atoms with Crippen molar-refractivity contribution in [2.24, 2.45) is 5.73 Å². The number of primary amides is 1. The van der Waals surface area contributed by atoms with Crippen LogP contribution < -0.4 is 16.4 Å². The van der Waals surface area contributed by atoms with Gasteiger partial charge < -0.3 is 21.5 Å². The van der Waals surface area contributed by atoms with Gasteiger partial charge in [0.25, 0.3) is 5.91 Å². The number of fused-ring (bicyclic) bond motifs is 1. The molecule has 0 atom stereocenters. The number of carbonyl (C=O) groups excluding carboxylic acids is 3. The molecule has 1 aromatic heterocycles. The van der Waals surface area contributed by atoms with E-state index in [1.807, 2.05) is 66.7 Å². The zero-order valence-corrected chi connectivity index (χ0v) is 25.3. The molecule has 1 heterocycles. The van der Waals surface area contributed by atoms with Crippen molar-refractivity contribution in [1.82, 2.24) is 10.2 Å². The van der Waals surface area contributed by atoms with E-state index in [-0.39, 0.29) is 30.4 Å². The van der Waals surface area contributed by atoms with Crippen LogP contribution in [-0.4, -0.2) is 39.4 Å². The Kier molecular flexibility index (Phi) is 8.97. The molecule has 0 radical (unpaired) electrons. The van der Waals surface area contributed by atoms with Crippen LogP contribution in [0.5, 0.6) is 5.75 Å². The van der Waals surface area contributed by atoms with Crippen molar-refractivity contribution in [3.8, 4) is 28.3 Å². The standard InChI is InChI=1S/C38H31N5O4/c39-36(46)19-15-29-22-34(32-10-3-4-11-33(32)41-38(47)25-13-17-31(44)18-14-25)42-43-37(29)28-9-5-8-27(20-28)35(45)23-40-30-16-12-24-6-1-2-7-26(24)21-30/h1-14,16-18,20-22,40,44H,15,19,23H2,(H2,39,46)(H,41,47). The lowest BCUT2D eigenvalue weighted by molar-refractivity contribution is -0.118. The Morgan fingerprint density at radius 2 is 1.49 bits per heavy atom. The number of nitrogens with one attached hydrogen (secondary N) is 2. The summed E-state index contributed by atoms with van der Waals surface area (Å²) in [6, 6.07) is 36.1. The lowest BCUT2D eigenvalue weighted by Gasteiger charge is -2.14. The highest BCUT2D eigenvalue weighted by atomic mass is 16.3. The number of aryl methyl sites for hydroxylation is 1. The topological polar surface area (TPSA) is 147 Å². The first-order valence-corrected chi connectivity index (χ1v) is 15.0. The predicted molar refractivity (Wildman–Crippen MR) is 183 cm³/mol. The fraction of sp³-hybridized carbons (Fsp3) is 0.0789. The third kappa shape index (κ3) is 7.32. The minimum Gasteiger partial charge on any atom is -0.508 e. The number of nitrogens with two attached hydrogens (primary N) is 1. The Labute approximate surface area is 271 Å². The number of para-hydroxylation sites is 1. The summed E-state index contributed by atoms with van der Waals surface area (Å²) >= 11 is 0. The second kappa shape index (κ2) is 13.7. The highest BCUT2D eigenvalue weighted by Gasteiger charge is 2.17. The fourth-order valence-electron chi connectivity index (χ4n) is 5.30. The summed E-state index contributed by atoms with van der Waals surface area (Å²) in [5.74, 6) is -0.845. The number of rotatable bonds is 11. The Hall–Kier alpha value is -6.35. The maximum Gasteiger partial charge on any atom is 0.255 e. The molecule has 6 aromatic rings. The number of carbonyl (C=O) groups is 3.